The third-order valence-electron chi connectivity index (χ3n) is 3.86. The van der Waals surface area contributed by atoms with Gasteiger partial charge in [0.05, 0.1) is 6.04 Å². The van der Waals surface area contributed by atoms with E-state index in [9.17, 15) is 13.6 Å². The lowest BCUT2D eigenvalue weighted by atomic mass is 10.1. The van der Waals surface area contributed by atoms with Crippen molar-refractivity contribution in [2.75, 3.05) is 6.54 Å². The molecule has 0 aliphatic rings. The molecule has 0 saturated heterocycles. The van der Waals surface area contributed by atoms with Gasteiger partial charge < -0.3 is 10.6 Å². The first-order valence-electron chi connectivity index (χ1n) is 7.70. The van der Waals surface area contributed by atoms with E-state index in [4.69, 9.17) is 11.6 Å². The molecule has 2 aromatic rings. The highest BCUT2D eigenvalue weighted by Crippen LogP contribution is 2.19. The average Bonchev–Trinajstić information content (AvgIpc) is 2.52. The number of nitrogens with one attached hydrogen (secondary N) is 1. The highest BCUT2D eigenvalue weighted by Gasteiger charge is 2.17. The maximum atomic E-state index is 13.7. The molecule has 0 aliphatic carbocycles. The van der Waals surface area contributed by atoms with Crippen LogP contribution in [0.15, 0.2) is 42.5 Å². The molecule has 3 N–H and O–H groups in total. The number of carbonyl (C=O) groups is 1. The Morgan fingerprint density at radius 2 is 1.88 bits per heavy atom. The molecule has 1 amide bonds. The smallest absolute Gasteiger partial charge is 0.275 e. The van der Waals surface area contributed by atoms with E-state index in [-0.39, 0.29) is 24.1 Å². The summed E-state index contributed by atoms with van der Waals surface area (Å²) in [4.78, 5) is 12.1. The van der Waals surface area contributed by atoms with Crippen molar-refractivity contribution in [1.29, 1.82) is 0 Å². The van der Waals surface area contributed by atoms with Gasteiger partial charge in [-0.25, -0.2) is 8.78 Å². The molecule has 0 unspecified atom stereocenters. The van der Waals surface area contributed by atoms with Crippen molar-refractivity contribution in [1.82, 2.24) is 5.32 Å². The zero-order chi connectivity index (χ0) is 17.7. The third kappa shape index (κ3) is 4.76. The number of quaternary nitrogens is 1. The van der Waals surface area contributed by atoms with Crippen LogP contribution in [-0.4, -0.2) is 12.5 Å². The number of hydrogen-bond acceptors (Lipinski definition) is 1. The van der Waals surface area contributed by atoms with Gasteiger partial charge in [0.25, 0.3) is 5.91 Å². The summed E-state index contributed by atoms with van der Waals surface area (Å²) >= 11 is 6.14. The lowest BCUT2D eigenvalue weighted by molar-refractivity contribution is -0.682. The van der Waals surface area contributed by atoms with Crippen LogP contribution in [0.1, 0.15) is 37.1 Å². The van der Waals surface area contributed by atoms with Crippen LogP contribution in [0, 0.1) is 11.6 Å². The zero-order valence-electron chi connectivity index (χ0n) is 13.5. The normalized spacial score (nSPS) is 13.4. The van der Waals surface area contributed by atoms with E-state index in [0.717, 1.165) is 11.6 Å². The first-order chi connectivity index (χ1) is 11.4. The number of carbonyl (C=O) groups excluding carboxylic acids is 1. The van der Waals surface area contributed by atoms with Crippen LogP contribution in [0.4, 0.5) is 8.78 Å². The maximum absolute atomic E-state index is 13.7. The van der Waals surface area contributed by atoms with Crippen LogP contribution in [0.3, 0.4) is 0 Å². The van der Waals surface area contributed by atoms with Crippen molar-refractivity contribution in [2.24, 2.45) is 0 Å². The van der Waals surface area contributed by atoms with E-state index in [0.29, 0.717) is 5.02 Å². The molecule has 2 atom stereocenters. The van der Waals surface area contributed by atoms with Gasteiger partial charge in [0.2, 0.25) is 0 Å². The van der Waals surface area contributed by atoms with Crippen molar-refractivity contribution in [2.45, 2.75) is 25.9 Å². The van der Waals surface area contributed by atoms with Gasteiger partial charge in [-0.05, 0) is 26.0 Å². The molecule has 0 aliphatic heterocycles. The minimum Gasteiger partial charge on any atom is -0.345 e. The fourth-order valence-corrected chi connectivity index (χ4v) is 2.79. The second kappa shape index (κ2) is 8.22. The first-order valence-corrected chi connectivity index (χ1v) is 8.08. The van der Waals surface area contributed by atoms with Crippen LogP contribution in [-0.2, 0) is 4.79 Å². The number of benzene rings is 2. The maximum Gasteiger partial charge on any atom is 0.275 e. The molecule has 6 heteroatoms. The fourth-order valence-electron chi connectivity index (χ4n) is 2.49. The fraction of sp³-hybridized carbons (Fsp3) is 0.278. The minimum absolute atomic E-state index is 0.0160. The van der Waals surface area contributed by atoms with Gasteiger partial charge in [-0.1, -0.05) is 35.9 Å². The highest BCUT2D eigenvalue weighted by atomic mass is 35.5. The summed E-state index contributed by atoms with van der Waals surface area (Å²) in [7, 11) is 0. The summed E-state index contributed by atoms with van der Waals surface area (Å²) in [6.45, 7) is 3.79. The molecule has 0 aromatic heterocycles. The SMILES string of the molecule is C[C@@H](NC(=O)C[NH2+][C@H](C)c1ccccc1Cl)c1ccc(F)cc1F. The molecular weight excluding hydrogens is 334 g/mol. The number of amides is 1. The molecule has 128 valence electrons. The van der Waals surface area contributed by atoms with Crippen molar-refractivity contribution >= 4 is 17.5 Å². The van der Waals surface area contributed by atoms with Gasteiger partial charge in [0.1, 0.15) is 17.7 Å². The molecular formula is C18H20ClF2N2O+. The van der Waals surface area contributed by atoms with Gasteiger partial charge in [-0.2, -0.15) is 0 Å². The lowest BCUT2D eigenvalue weighted by Gasteiger charge is -2.16. The van der Waals surface area contributed by atoms with E-state index in [1.165, 1.54) is 12.1 Å². The first kappa shape index (κ1) is 18.4. The Kier molecular flexibility index (Phi) is 6.29. The van der Waals surface area contributed by atoms with Gasteiger partial charge >= 0.3 is 0 Å². The molecule has 0 fully saturated rings. The van der Waals surface area contributed by atoms with Crippen LogP contribution >= 0.6 is 11.6 Å². The largest absolute Gasteiger partial charge is 0.345 e. The van der Waals surface area contributed by atoms with E-state index in [2.05, 4.69) is 5.32 Å². The van der Waals surface area contributed by atoms with E-state index < -0.39 is 17.7 Å². The van der Waals surface area contributed by atoms with Gasteiger partial charge in [0, 0.05) is 22.2 Å². The van der Waals surface area contributed by atoms with E-state index in [1.54, 1.807) is 13.0 Å². The van der Waals surface area contributed by atoms with Crippen molar-refractivity contribution < 1.29 is 18.9 Å². The average molecular weight is 354 g/mol. The minimum atomic E-state index is -0.670. The predicted octanol–water partition coefficient (Wildman–Crippen LogP) is 3.12. The Hall–Kier alpha value is -1.98. The molecule has 0 spiro atoms. The Balaban J connectivity index is 1.90. The van der Waals surface area contributed by atoms with Gasteiger partial charge in [0.15, 0.2) is 6.54 Å². The monoisotopic (exact) mass is 353 g/mol. The summed E-state index contributed by atoms with van der Waals surface area (Å²) < 4.78 is 26.7. The van der Waals surface area contributed by atoms with Crippen LogP contribution in [0.25, 0.3) is 0 Å². The Morgan fingerprint density at radius 3 is 2.54 bits per heavy atom. The molecule has 0 heterocycles. The van der Waals surface area contributed by atoms with Gasteiger partial charge in [-0.15, -0.1) is 0 Å². The second-order valence-electron chi connectivity index (χ2n) is 5.71. The Bertz CT molecular complexity index is 724. The number of hydrogen-bond donors (Lipinski definition) is 2. The third-order valence-corrected chi connectivity index (χ3v) is 4.20. The summed E-state index contributed by atoms with van der Waals surface area (Å²) in [5.74, 6) is -1.54. The second-order valence-corrected chi connectivity index (χ2v) is 6.11. The molecule has 24 heavy (non-hydrogen) atoms. The molecule has 0 bridgehead atoms. The molecule has 0 saturated carbocycles. The number of nitrogens with two attached hydrogens (primary N) is 1. The quantitative estimate of drug-likeness (QED) is 0.823. The number of halogens is 3. The van der Waals surface area contributed by atoms with Gasteiger partial charge in [-0.3, -0.25) is 4.79 Å². The summed E-state index contributed by atoms with van der Waals surface area (Å²) in [5, 5.41) is 5.22. The predicted molar refractivity (Wildman–Crippen MR) is 89.6 cm³/mol. The Morgan fingerprint density at radius 1 is 1.17 bits per heavy atom. The lowest BCUT2D eigenvalue weighted by Crippen LogP contribution is -2.87. The standard InChI is InChI=1S/C18H19ClF2N2O/c1-11(14-5-3-4-6-16(14)19)22-10-18(24)23-12(2)15-8-7-13(20)9-17(15)21/h3-9,11-12,22H,10H2,1-2H3,(H,23,24)/p+1/t11-,12-/m1/s1. The number of rotatable bonds is 6. The van der Waals surface area contributed by atoms with Crippen LogP contribution in [0.2, 0.25) is 5.02 Å². The highest BCUT2D eigenvalue weighted by molar-refractivity contribution is 6.31. The van der Waals surface area contributed by atoms with E-state index in [1.807, 2.05) is 30.4 Å². The van der Waals surface area contributed by atoms with E-state index >= 15 is 0 Å². The van der Waals surface area contributed by atoms with Crippen molar-refractivity contribution in [3.05, 3.63) is 70.2 Å². The molecule has 3 nitrogen and oxygen atoms in total. The summed E-state index contributed by atoms with van der Waals surface area (Å²) in [6.07, 6.45) is 0. The van der Waals surface area contributed by atoms with Crippen LogP contribution in [0.5, 0.6) is 0 Å². The topological polar surface area (TPSA) is 45.7 Å². The summed E-state index contributed by atoms with van der Waals surface area (Å²) in [5.41, 5.74) is 1.20. The zero-order valence-corrected chi connectivity index (χ0v) is 14.3. The van der Waals surface area contributed by atoms with Crippen molar-refractivity contribution in [3.63, 3.8) is 0 Å². The molecule has 2 rings (SSSR count). The Labute approximate surface area is 145 Å². The summed E-state index contributed by atoms with van der Waals surface area (Å²) in [6, 6.07) is 10.3. The van der Waals surface area contributed by atoms with Crippen LogP contribution < -0.4 is 10.6 Å². The molecule has 2 aromatic carbocycles. The van der Waals surface area contributed by atoms with Crippen molar-refractivity contribution in [3.8, 4) is 0 Å². The molecule has 0 radical (unpaired) electrons.